The highest BCUT2D eigenvalue weighted by Gasteiger charge is 1.75. The van der Waals surface area contributed by atoms with E-state index in [1.54, 1.807) is 6.08 Å². The molecule has 0 aromatic carbocycles. The van der Waals surface area contributed by atoms with Crippen LogP contribution in [0.2, 0.25) is 0 Å². The zero-order chi connectivity index (χ0) is 4.83. The van der Waals surface area contributed by atoms with Gasteiger partial charge in [-0.05, 0) is 6.42 Å². The molecule has 0 aliphatic carbocycles. The number of hydrogen-bond donors (Lipinski definition) is 0. The monoisotopic (exact) mass is 106 g/mol. The second-order valence-corrected chi connectivity index (χ2v) is 1.52. The van der Waals surface area contributed by atoms with E-state index in [4.69, 9.17) is 0 Å². The van der Waals surface area contributed by atoms with Gasteiger partial charge in [0.05, 0.1) is 0 Å². The maximum absolute atomic E-state index is 11.0. The minimum Gasteiger partial charge on any atom is -0.165 e. The highest BCUT2D eigenvalue weighted by Crippen LogP contribution is 2.00. The van der Waals surface area contributed by atoms with Crippen molar-refractivity contribution in [3.63, 3.8) is 0 Å². The van der Waals surface area contributed by atoms with Gasteiger partial charge < -0.3 is 0 Å². The minimum absolute atomic E-state index is 0.355. The van der Waals surface area contributed by atoms with E-state index in [1.807, 2.05) is 0 Å². The summed E-state index contributed by atoms with van der Waals surface area (Å²) in [5.74, 6) is 0.545. The Labute approximate surface area is 41.7 Å². The molecule has 0 fully saturated rings. The lowest BCUT2D eigenvalue weighted by Gasteiger charge is -1.77. The van der Waals surface area contributed by atoms with Crippen molar-refractivity contribution < 1.29 is 3.89 Å². The quantitative estimate of drug-likeness (QED) is 0.392. The Hall–Kier alpha value is 0.0200. The van der Waals surface area contributed by atoms with Crippen molar-refractivity contribution in [3.05, 3.63) is 12.7 Å². The lowest BCUT2D eigenvalue weighted by molar-refractivity contribution is 0.930. The van der Waals surface area contributed by atoms with Gasteiger partial charge in [-0.15, -0.1) is 6.58 Å². The zero-order valence-electron chi connectivity index (χ0n) is 3.48. The summed E-state index contributed by atoms with van der Waals surface area (Å²) in [5, 5.41) is 0. The molecule has 0 aromatic heterocycles. The van der Waals surface area contributed by atoms with E-state index < -0.39 is 0 Å². The molecule has 0 aliphatic rings. The van der Waals surface area contributed by atoms with Crippen molar-refractivity contribution in [2.75, 3.05) is 5.75 Å². The van der Waals surface area contributed by atoms with E-state index in [0.717, 1.165) is 6.42 Å². The van der Waals surface area contributed by atoms with Gasteiger partial charge in [-0.3, -0.25) is 0 Å². The maximum atomic E-state index is 11.0. The molecule has 36 valence electrons. The van der Waals surface area contributed by atoms with Crippen molar-refractivity contribution in [1.29, 1.82) is 0 Å². The molecular weight excluding hydrogens is 99.1 g/mol. The molecule has 0 aliphatic heterocycles. The van der Waals surface area contributed by atoms with Gasteiger partial charge in [-0.25, -0.2) is 0 Å². The summed E-state index contributed by atoms with van der Waals surface area (Å²) in [6, 6.07) is 0. The maximum Gasteiger partial charge on any atom is 0.0446 e. The van der Waals surface area contributed by atoms with Gasteiger partial charge in [0.25, 0.3) is 0 Å². The Bertz CT molecular complexity index is 36.5. The van der Waals surface area contributed by atoms with Crippen molar-refractivity contribution >= 4 is 12.1 Å². The summed E-state index contributed by atoms with van der Waals surface area (Å²) in [7, 11) is 0. The van der Waals surface area contributed by atoms with E-state index in [2.05, 4.69) is 6.58 Å². The highest BCUT2D eigenvalue weighted by molar-refractivity contribution is 7.94. The van der Waals surface area contributed by atoms with E-state index in [9.17, 15) is 3.89 Å². The number of hydrogen-bond acceptors (Lipinski definition) is 1. The van der Waals surface area contributed by atoms with Crippen LogP contribution in [0.25, 0.3) is 0 Å². The fraction of sp³-hybridized carbons (Fsp3) is 0.500. The third-order valence-corrected chi connectivity index (χ3v) is 0.789. The molecule has 0 amide bonds. The van der Waals surface area contributed by atoms with Crippen LogP contribution in [0.15, 0.2) is 12.7 Å². The van der Waals surface area contributed by atoms with Crippen LogP contribution in [0.1, 0.15) is 6.42 Å². The smallest absolute Gasteiger partial charge is 0.0446 e. The Morgan fingerprint density at radius 2 is 2.50 bits per heavy atom. The van der Waals surface area contributed by atoms with Crippen LogP contribution in [0.3, 0.4) is 0 Å². The van der Waals surface area contributed by atoms with Gasteiger partial charge in [0, 0.05) is 17.9 Å². The average molecular weight is 106 g/mol. The lowest BCUT2D eigenvalue weighted by Crippen LogP contribution is -1.64. The fourth-order valence-electron chi connectivity index (χ4n) is 0.128. The predicted octanol–water partition coefficient (Wildman–Crippen LogP) is 2.18. The molecule has 0 heterocycles. The Balaban J connectivity index is 2.49. The summed E-state index contributed by atoms with van der Waals surface area (Å²) in [5.41, 5.74) is 0. The molecule has 0 atom stereocenters. The van der Waals surface area contributed by atoms with Gasteiger partial charge in [0.1, 0.15) is 0 Å². The van der Waals surface area contributed by atoms with E-state index in [0.29, 0.717) is 17.9 Å². The molecular formula is C4H7FS. The minimum atomic E-state index is 0.355. The van der Waals surface area contributed by atoms with Gasteiger partial charge in [0.15, 0.2) is 0 Å². The first-order valence-electron chi connectivity index (χ1n) is 1.76. The van der Waals surface area contributed by atoms with Gasteiger partial charge in [-0.2, -0.15) is 3.89 Å². The summed E-state index contributed by atoms with van der Waals surface area (Å²) < 4.78 is 11.0. The highest BCUT2D eigenvalue weighted by atomic mass is 32.2. The van der Waals surface area contributed by atoms with Crippen molar-refractivity contribution in [2.24, 2.45) is 0 Å². The number of rotatable bonds is 3. The van der Waals surface area contributed by atoms with Crippen molar-refractivity contribution in [2.45, 2.75) is 6.42 Å². The molecule has 0 bridgehead atoms. The molecule has 0 saturated heterocycles. The van der Waals surface area contributed by atoms with E-state index in [-0.39, 0.29) is 0 Å². The molecule has 0 nitrogen and oxygen atoms in total. The first-order valence-corrected chi connectivity index (χ1v) is 2.65. The van der Waals surface area contributed by atoms with E-state index >= 15 is 0 Å². The zero-order valence-corrected chi connectivity index (χ0v) is 4.30. The third kappa shape index (κ3) is 4.02. The number of halogens is 1. The molecule has 0 unspecified atom stereocenters. The first kappa shape index (κ1) is 6.02. The molecule has 0 rings (SSSR count). The first-order chi connectivity index (χ1) is 2.91. The Morgan fingerprint density at radius 3 is 2.67 bits per heavy atom. The second kappa shape index (κ2) is 5.02. The molecule has 6 heavy (non-hydrogen) atoms. The van der Waals surface area contributed by atoms with Crippen LogP contribution >= 0.6 is 12.1 Å². The summed E-state index contributed by atoms with van der Waals surface area (Å²) in [4.78, 5) is 0. The third-order valence-electron chi connectivity index (χ3n) is 0.399. The van der Waals surface area contributed by atoms with Gasteiger partial charge >= 0.3 is 0 Å². The van der Waals surface area contributed by atoms with Crippen LogP contribution in [0.5, 0.6) is 0 Å². The largest absolute Gasteiger partial charge is 0.165 e. The molecule has 0 N–H and O–H groups in total. The molecule has 0 radical (unpaired) electrons. The standard InChI is InChI=1S/C4H7FS/c1-2-3-4-6-5/h2H,1,3-4H2. The van der Waals surface area contributed by atoms with Crippen molar-refractivity contribution in [1.82, 2.24) is 0 Å². The van der Waals surface area contributed by atoms with Crippen LogP contribution in [0.4, 0.5) is 3.89 Å². The van der Waals surface area contributed by atoms with Gasteiger partial charge in [-0.1, -0.05) is 6.08 Å². The lowest BCUT2D eigenvalue weighted by atomic mass is 10.5. The predicted molar refractivity (Wildman–Crippen MR) is 28.4 cm³/mol. The average Bonchev–Trinajstić information content (AvgIpc) is 1.61. The van der Waals surface area contributed by atoms with Crippen LogP contribution in [-0.4, -0.2) is 5.75 Å². The molecule has 0 aromatic rings. The van der Waals surface area contributed by atoms with Crippen LogP contribution in [0, 0.1) is 0 Å². The van der Waals surface area contributed by atoms with Crippen LogP contribution < -0.4 is 0 Å². The summed E-state index contributed by atoms with van der Waals surface area (Å²) in [6.45, 7) is 3.42. The topological polar surface area (TPSA) is 0 Å². The summed E-state index contributed by atoms with van der Waals surface area (Å²) in [6.07, 6.45) is 2.47. The second-order valence-electron chi connectivity index (χ2n) is 0.891. The Kier molecular flexibility index (Phi) is 5.04. The SMILES string of the molecule is C=CCCSF. The molecule has 0 saturated carbocycles. The Morgan fingerprint density at radius 1 is 1.83 bits per heavy atom. The summed E-state index contributed by atoms with van der Waals surface area (Å²) >= 11 is 0.355. The molecule has 0 spiro atoms. The number of allylic oxidation sites excluding steroid dienone is 1. The van der Waals surface area contributed by atoms with Crippen LogP contribution in [-0.2, 0) is 0 Å². The van der Waals surface area contributed by atoms with E-state index in [1.165, 1.54) is 0 Å². The molecule has 2 heteroatoms. The normalized spacial score (nSPS) is 8.17. The van der Waals surface area contributed by atoms with Crippen molar-refractivity contribution in [3.8, 4) is 0 Å². The van der Waals surface area contributed by atoms with Gasteiger partial charge in [0.2, 0.25) is 0 Å². The fourth-order valence-corrected chi connectivity index (χ4v) is 0.384.